The molecule has 3 heterocycles. The summed E-state index contributed by atoms with van der Waals surface area (Å²) in [4.78, 5) is 25.2. The van der Waals surface area contributed by atoms with Crippen LogP contribution in [0.4, 0.5) is 0 Å². The Balaban J connectivity index is 1.27. The van der Waals surface area contributed by atoms with E-state index in [2.05, 4.69) is 20.3 Å². The van der Waals surface area contributed by atoms with E-state index in [1.54, 1.807) is 36.9 Å². The number of hydrogen-bond acceptors (Lipinski definition) is 6. The van der Waals surface area contributed by atoms with E-state index in [1.807, 2.05) is 36.4 Å². The molecule has 4 aromatic rings. The fraction of sp³-hybridized carbons (Fsp3) is 0.120. The van der Waals surface area contributed by atoms with E-state index < -0.39 is 11.1 Å². The molecule has 1 amide bonds. The summed E-state index contributed by atoms with van der Waals surface area (Å²) in [6, 6.07) is 15.1. The molecular weight excluding hydrogens is 452 g/mol. The van der Waals surface area contributed by atoms with Gasteiger partial charge in [-0.25, -0.2) is 14.2 Å². The molecule has 1 atom stereocenters. The molecule has 34 heavy (non-hydrogen) atoms. The van der Waals surface area contributed by atoms with Crippen LogP contribution in [0.2, 0.25) is 0 Å². The van der Waals surface area contributed by atoms with Crippen LogP contribution in [0, 0.1) is 0 Å². The number of rotatable bonds is 6. The molecule has 1 aliphatic rings. The number of amides is 1. The lowest BCUT2D eigenvalue weighted by Gasteiger charge is -2.20. The molecule has 9 heteroatoms. The van der Waals surface area contributed by atoms with Gasteiger partial charge in [0, 0.05) is 53.6 Å². The van der Waals surface area contributed by atoms with E-state index in [0.29, 0.717) is 30.3 Å². The zero-order valence-corrected chi connectivity index (χ0v) is 18.8. The Hall–Kier alpha value is -3.95. The van der Waals surface area contributed by atoms with E-state index in [9.17, 15) is 9.00 Å². The number of carbonyl (C=O) groups is 1. The maximum atomic E-state index is 12.8. The number of carbonyl (C=O) groups excluding carboxylic acids is 1. The van der Waals surface area contributed by atoms with Crippen LogP contribution < -0.4 is 10.1 Å². The minimum Gasteiger partial charge on any atom is -0.488 e. The average Bonchev–Trinajstić information content (AvgIpc) is 2.87. The fourth-order valence-electron chi connectivity index (χ4n) is 3.80. The zero-order chi connectivity index (χ0) is 23.5. The molecule has 0 fully saturated rings. The average molecular weight is 473 g/mol. The number of nitrogens with one attached hydrogen (secondary N) is 1. The summed E-state index contributed by atoms with van der Waals surface area (Å²) in [5, 5.41) is 2.95. The fourth-order valence-corrected chi connectivity index (χ4v) is 4.17. The van der Waals surface area contributed by atoms with Crippen molar-refractivity contribution in [1.29, 1.82) is 0 Å². The van der Waals surface area contributed by atoms with Gasteiger partial charge in [-0.05, 0) is 47.0 Å². The van der Waals surface area contributed by atoms with Crippen molar-refractivity contribution in [3.05, 3.63) is 95.8 Å². The molecular formula is C25H20N4O4S. The number of fused-ring (bicyclic) bond motifs is 3. The lowest BCUT2D eigenvalue weighted by molar-refractivity contribution is 0.0950. The molecule has 0 saturated heterocycles. The lowest BCUT2D eigenvalue weighted by atomic mass is 9.97. The zero-order valence-electron chi connectivity index (χ0n) is 18.0. The molecule has 0 bridgehead atoms. The normalized spacial score (nSPS) is 12.7. The summed E-state index contributed by atoms with van der Waals surface area (Å²) in [7, 11) is 0. The SMILES string of the molecule is O=C(NCc1cccc(-c2cnc(CS(=O)O)nc2)c1)c1ccc2c(c1)OCc1cnccc1-2. The molecule has 170 valence electrons. The van der Waals surface area contributed by atoms with Crippen LogP contribution >= 0.6 is 0 Å². The third kappa shape index (κ3) is 4.70. The predicted octanol–water partition coefficient (Wildman–Crippen LogP) is 3.75. The molecule has 0 radical (unpaired) electrons. The van der Waals surface area contributed by atoms with E-state index >= 15 is 0 Å². The maximum Gasteiger partial charge on any atom is 0.251 e. The van der Waals surface area contributed by atoms with Crippen LogP contribution in [-0.4, -0.2) is 29.6 Å². The van der Waals surface area contributed by atoms with Gasteiger partial charge in [-0.1, -0.05) is 18.2 Å². The molecule has 0 spiro atoms. The van der Waals surface area contributed by atoms with Gasteiger partial charge >= 0.3 is 0 Å². The Morgan fingerprint density at radius 2 is 1.88 bits per heavy atom. The van der Waals surface area contributed by atoms with Crippen molar-refractivity contribution < 1.29 is 18.3 Å². The van der Waals surface area contributed by atoms with Crippen molar-refractivity contribution in [1.82, 2.24) is 20.3 Å². The predicted molar refractivity (Wildman–Crippen MR) is 127 cm³/mol. The Bertz CT molecular complexity index is 1390. The van der Waals surface area contributed by atoms with Crippen molar-refractivity contribution >= 4 is 17.0 Å². The highest BCUT2D eigenvalue weighted by Crippen LogP contribution is 2.37. The highest BCUT2D eigenvalue weighted by molar-refractivity contribution is 7.78. The van der Waals surface area contributed by atoms with Crippen molar-refractivity contribution in [3.8, 4) is 28.0 Å². The van der Waals surface area contributed by atoms with E-state index in [4.69, 9.17) is 9.29 Å². The summed E-state index contributed by atoms with van der Waals surface area (Å²) in [6.45, 7) is 0.776. The van der Waals surface area contributed by atoms with Gasteiger partial charge < -0.3 is 14.6 Å². The number of ether oxygens (including phenoxy) is 1. The Morgan fingerprint density at radius 3 is 2.71 bits per heavy atom. The first-order chi connectivity index (χ1) is 16.6. The monoisotopic (exact) mass is 472 g/mol. The van der Waals surface area contributed by atoms with Gasteiger partial charge in [0.2, 0.25) is 0 Å². The third-order valence-electron chi connectivity index (χ3n) is 5.49. The summed E-state index contributed by atoms with van der Waals surface area (Å²) in [5.74, 6) is 0.690. The summed E-state index contributed by atoms with van der Waals surface area (Å²) < 4.78 is 25.7. The van der Waals surface area contributed by atoms with Crippen LogP contribution in [0.15, 0.2) is 73.3 Å². The molecule has 1 unspecified atom stereocenters. The Labute approximate surface area is 198 Å². The van der Waals surface area contributed by atoms with Crippen LogP contribution in [0.3, 0.4) is 0 Å². The quantitative estimate of drug-likeness (QED) is 0.411. The summed E-state index contributed by atoms with van der Waals surface area (Å²) >= 11 is -1.98. The van der Waals surface area contributed by atoms with Crippen LogP contribution in [0.5, 0.6) is 5.75 Å². The summed E-state index contributed by atoms with van der Waals surface area (Å²) in [6.07, 6.45) is 6.79. The Morgan fingerprint density at radius 1 is 1.03 bits per heavy atom. The van der Waals surface area contributed by atoms with Crippen molar-refractivity contribution in [2.24, 2.45) is 0 Å². The van der Waals surface area contributed by atoms with E-state index in [1.165, 1.54) is 0 Å². The second-order valence-corrected chi connectivity index (χ2v) is 8.70. The van der Waals surface area contributed by atoms with Crippen molar-refractivity contribution in [3.63, 3.8) is 0 Å². The van der Waals surface area contributed by atoms with E-state index in [0.717, 1.165) is 33.4 Å². The molecule has 0 saturated carbocycles. The molecule has 0 aliphatic carbocycles. The minimum absolute atomic E-state index is 0.107. The molecule has 2 N–H and O–H groups in total. The van der Waals surface area contributed by atoms with Crippen molar-refractivity contribution in [2.45, 2.75) is 18.9 Å². The van der Waals surface area contributed by atoms with Crippen molar-refractivity contribution in [2.75, 3.05) is 0 Å². The van der Waals surface area contributed by atoms with Gasteiger partial charge in [0.05, 0.1) is 0 Å². The topological polar surface area (TPSA) is 114 Å². The van der Waals surface area contributed by atoms with Crippen LogP contribution in [0.1, 0.15) is 27.3 Å². The maximum absolute atomic E-state index is 12.8. The molecule has 2 aromatic heterocycles. The molecule has 5 rings (SSSR count). The first-order valence-corrected chi connectivity index (χ1v) is 11.8. The van der Waals surface area contributed by atoms with Gasteiger partial charge in [-0.2, -0.15) is 0 Å². The second-order valence-electron chi connectivity index (χ2n) is 7.77. The van der Waals surface area contributed by atoms with Crippen LogP contribution in [0.25, 0.3) is 22.3 Å². The minimum atomic E-state index is -1.98. The highest BCUT2D eigenvalue weighted by atomic mass is 32.2. The molecule has 8 nitrogen and oxygen atoms in total. The number of nitrogens with zero attached hydrogens (tertiary/aromatic N) is 3. The third-order valence-corrected chi connectivity index (χ3v) is 6.00. The van der Waals surface area contributed by atoms with Gasteiger partial charge in [0.25, 0.3) is 5.91 Å². The largest absolute Gasteiger partial charge is 0.488 e. The van der Waals surface area contributed by atoms with E-state index in [-0.39, 0.29) is 11.7 Å². The lowest BCUT2D eigenvalue weighted by Crippen LogP contribution is -2.23. The standard InChI is InChI=1S/C25H20N4O4S/c30-25(18-4-5-22-21-6-7-26-11-20(21)14-33-23(22)9-18)29-10-16-2-1-3-17(8-16)19-12-27-24(28-13-19)15-34(31)32/h1-9,11-13H,10,14-15H2,(H,29,30)(H,31,32). The van der Waals surface area contributed by atoms with Crippen LogP contribution in [-0.2, 0) is 30.0 Å². The second kappa shape index (κ2) is 9.50. The molecule has 1 aliphatic heterocycles. The smallest absolute Gasteiger partial charge is 0.251 e. The number of pyridine rings is 1. The number of benzene rings is 2. The van der Waals surface area contributed by atoms with Gasteiger partial charge in [0.15, 0.2) is 11.1 Å². The van der Waals surface area contributed by atoms with Gasteiger partial charge in [-0.15, -0.1) is 0 Å². The summed E-state index contributed by atoms with van der Waals surface area (Å²) in [5.41, 5.74) is 6.16. The number of hydrogen-bond donors (Lipinski definition) is 2. The highest BCUT2D eigenvalue weighted by Gasteiger charge is 2.19. The first-order valence-electron chi connectivity index (χ1n) is 10.5. The number of aromatic nitrogens is 3. The van der Waals surface area contributed by atoms with Gasteiger partial charge in [0.1, 0.15) is 23.9 Å². The first kappa shape index (κ1) is 21.9. The molecule has 2 aromatic carbocycles. The Kier molecular flexibility index (Phi) is 6.11. The van der Waals surface area contributed by atoms with Gasteiger partial charge in [-0.3, -0.25) is 9.78 Å².